The Morgan fingerprint density at radius 1 is 1.46 bits per heavy atom. The van der Waals surface area contributed by atoms with Crippen molar-refractivity contribution >= 4 is 5.82 Å². The van der Waals surface area contributed by atoms with E-state index in [1.807, 2.05) is 12.3 Å². The smallest absolute Gasteiger partial charge is 0.125 e. The van der Waals surface area contributed by atoms with Gasteiger partial charge in [0.05, 0.1) is 0 Å². The van der Waals surface area contributed by atoms with Crippen molar-refractivity contribution in [3.8, 4) is 0 Å². The predicted octanol–water partition coefficient (Wildman–Crippen LogP) is 2.60. The molecule has 0 unspecified atom stereocenters. The fourth-order valence-corrected chi connectivity index (χ4v) is 1.27. The van der Waals surface area contributed by atoms with Gasteiger partial charge in [-0.15, -0.1) is 0 Å². The van der Waals surface area contributed by atoms with E-state index in [2.05, 4.69) is 30.2 Å². The van der Waals surface area contributed by atoms with Crippen LogP contribution in [0.4, 0.5) is 5.82 Å². The van der Waals surface area contributed by atoms with Crippen LogP contribution in [0.3, 0.4) is 0 Å². The molecule has 1 fully saturated rings. The normalized spacial score (nSPS) is 18.3. The van der Waals surface area contributed by atoms with Crippen LogP contribution in [0, 0.1) is 12.3 Å². The molecule has 1 aromatic heterocycles. The molecule has 0 bridgehead atoms. The van der Waals surface area contributed by atoms with Crippen molar-refractivity contribution in [2.45, 2.75) is 26.7 Å². The van der Waals surface area contributed by atoms with Gasteiger partial charge in [0.25, 0.3) is 0 Å². The maximum Gasteiger partial charge on any atom is 0.125 e. The quantitative estimate of drug-likeness (QED) is 0.765. The fourth-order valence-electron chi connectivity index (χ4n) is 1.27. The first kappa shape index (κ1) is 8.54. The molecule has 0 radical (unpaired) electrons. The predicted molar refractivity (Wildman–Crippen MR) is 54.8 cm³/mol. The van der Waals surface area contributed by atoms with E-state index in [-0.39, 0.29) is 0 Å². The molecule has 0 atom stereocenters. The summed E-state index contributed by atoms with van der Waals surface area (Å²) in [5, 5.41) is 3.36. The summed E-state index contributed by atoms with van der Waals surface area (Å²) in [7, 11) is 0. The average Bonchev–Trinajstić information content (AvgIpc) is 2.84. The lowest BCUT2D eigenvalue weighted by Crippen LogP contribution is -2.12. The van der Waals surface area contributed by atoms with Gasteiger partial charge in [0, 0.05) is 12.7 Å². The molecule has 13 heavy (non-hydrogen) atoms. The van der Waals surface area contributed by atoms with Crippen LogP contribution >= 0.6 is 0 Å². The van der Waals surface area contributed by atoms with Crippen molar-refractivity contribution < 1.29 is 0 Å². The Morgan fingerprint density at radius 3 is 2.77 bits per heavy atom. The van der Waals surface area contributed by atoms with Gasteiger partial charge in [0.2, 0.25) is 0 Å². The zero-order chi connectivity index (χ0) is 9.31. The Labute approximate surface area is 79.4 Å². The molecule has 0 amide bonds. The van der Waals surface area contributed by atoms with Crippen LogP contribution in [-0.2, 0) is 0 Å². The van der Waals surface area contributed by atoms with Crippen molar-refractivity contribution in [1.82, 2.24) is 4.98 Å². The molecule has 1 aliphatic rings. The zero-order valence-electron chi connectivity index (χ0n) is 8.30. The molecule has 2 heteroatoms. The first-order valence-electron chi connectivity index (χ1n) is 4.85. The van der Waals surface area contributed by atoms with Crippen LogP contribution in [0.2, 0.25) is 0 Å². The maximum absolute atomic E-state index is 4.30. The topological polar surface area (TPSA) is 24.9 Å². The highest BCUT2D eigenvalue weighted by atomic mass is 15.0. The zero-order valence-corrected chi connectivity index (χ0v) is 8.30. The van der Waals surface area contributed by atoms with Gasteiger partial charge in [0.1, 0.15) is 5.82 Å². The Bertz CT molecular complexity index is 285. The molecule has 70 valence electrons. The Balaban J connectivity index is 1.91. The minimum Gasteiger partial charge on any atom is -0.370 e. The third-order valence-electron chi connectivity index (χ3n) is 2.71. The number of rotatable bonds is 3. The number of aryl methyl sites for hydroxylation is 1. The van der Waals surface area contributed by atoms with Crippen LogP contribution in [0.5, 0.6) is 0 Å². The summed E-state index contributed by atoms with van der Waals surface area (Å²) in [4.78, 5) is 4.30. The molecular formula is C11H16N2. The second kappa shape index (κ2) is 3.02. The summed E-state index contributed by atoms with van der Waals surface area (Å²) >= 11 is 0. The molecule has 0 spiro atoms. The van der Waals surface area contributed by atoms with E-state index in [0.29, 0.717) is 5.41 Å². The number of hydrogen-bond donors (Lipinski definition) is 1. The summed E-state index contributed by atoms with van der Waals surface area (Å²) in [5.41, 5.74) is 1.76. The van der Waals surface area contributed by atoms with E-state index >= 15 is 0 Å². The largest absolute Gasteiger partial charge is 0.370 e. The third-order valence-corrected chi connectivity index (χ3v) is 2.71. The molecule has 2 nitrogen and oxygen atoms in total. The van der Waals surface area contributed by atoms with E-state index in [4.69, 9.17) is 0 Å². The lowest BCUT2D eigenvalue weighted by Gasteiger charge is -2.10. The molecule has 2 rings (SSSR count). The molecule has 1 aromatic rings. The Kier molecular flexibility index (Phi) is 1.98. The van der Waals surface area contributed by atoms with Crippen molar-refractivity contribution in [2.24, 2.45) is 5.41 Å². The van der Waals surface area contributed by atoms with Gasteiger partial charge in [-0.2, -0.15) is 0 Å². The number of aromatic nitrogens is 1. The van der Waals surface area contributed by atoms with Gasteiger partial charge in [-0.05, 0) is 36.8 Å². The second-order valence-electron chi connectivity index (χ2n) is 4.39. The van der Waals surface area contributed by atoms with Crippen LogP contribution < -0.4 is 5.32 Å². The monoisotopic (exact) mass is 176 g/mol. The highest BCUT2D eigenvalue weighted by Crippen LogP contribution is 2.44. The number of pyridine rings is 1. The summed E-state index contributed by atoms with van der Waals surface area (Å²) in [6.07, 6.45) is 4.61. The van der Waals surface area contributed by atoms with E-state index in [9.17, 15) is 0 Å². The van der Waals surface area contributed by atoms with Gasteiger partial charge in [-0.1, -0.05) is 13.0 Å². The molecule has 0 saturated heterocycles. The molecular weight excluding hydrogens is 160 g/mol. The lowest BCUT2D eigenvalue weighted by atomic mass is 10.1. The van der Waals surface area contributed by atoms with Crippen molar-refractivity contribution in [3.63, 3.8) is 0 Å². The number of hydrogen-bond acceptors (Lipinski definition) is 2. The van der Waals surface area contributed by atoms with E-state index < -0.39 is 0 Å². The van der Waals surface area contributed by atoms with Crippen LogP contribution in [0.1, 0.15) is 25.3 Å². The number of nitrogens with one attached hydrogen (secondary N) is 1. The van der Waals surface area contributed by atoms with Crippen molar-refractivity contribution in [2.75, 3.05) is 11.9 Å². The van der Waals surface area contributed by atoms with Gasteiger partial charge in [0.15, 0.2) is 0 Å². The number of anilines is 1. The van der Waals surface area contributed by atoms with Gasteiger partial charge < -0.3 is 5.32 Å². The molecule has 0 aliphatic heterocycles. The molecule has 1 N–H and O–H groups in total. The van der Waals surface area contributed by atoms with Crippen LogP contribution in [0.25, 0.3) is 0 Å². The first-order valence-corrected chi connectivity index (χ1v) is 4.85. The van der Waals surface area contributed by atoms with Gasteiger partial charge in [-0.25, -0.2) is 4.98 Å². The van der Waals surface area contributed by atoms with E-state index in [0.717, 1.165) is 12.4 Å². The highest BCUT2D eigenvalue weighted by Gasteiger charge is 2.36. The Hall–Kier alpha value is -1.05. The van der Waals surface area contributed by atoms with Gasteiger partial charge in [-0.3, -0.25) is 0 Å². The lowest BCUT2D eigenvalue weighted by molar-refractivity contribution is 0.609. The highest BCUT2D eigenvalue weighted by molar-refractivity contribution is 5.35. The minimum absolute atomic E-state index is 0.548. The standard InChI is InChI=1S/C11H16N2/c1-9-3-4-10(12-7-9)13-8-11(2)5-6-11/h3-4,7H,5-6,8H2,1-2H3,(H,12,13). The number of nitrogens with zero attached hydrogens (tertiary/aromatic N) is 1. The molecule has 1 heterocycles. The molecule has 1 saturated carbocycles. The summed E-state index contributed by atoms with van der Waals surface area (Å²) in [5.74, 6) is 0.999. The van der Waals surface area contributed by atoms with Crippen molar-refractivity contribution in [1.29, 1.82) is 0 Å². The maximum atomic E-state index is 4.30. The minimum atomic E-state index is 0.548. The fraction of sp³-hybridized carbons (Fsp3) is 0.545. The Morgan fingerprint density at radius 2 is 2.23 bits per heavy atom. The molecule has 1 aliphatic carbocycles. The van der Waals surface area contributed by atoms with Crippen LogP contribution in [-0.4, -0.2) is 11.5 Å². The summed E-state index contributed by atoms with van der Waals surface area (Å²) < 4.78 is 0. The van der Waals surface area contributed by atoms with E-state index in [1.165, 1.54) is 18.4 Å². The van der Waals surface area contributed by atoms with Crippen LogP contribution in [0.15, 0.2) is 18.3 Å². The first-order chi connectivity index (χ1) is 6.18. The second-order valence-corrected chi connectivity index (χ2v) is 4.39. The SMILES string of the molecule is Cc1ccc(NCC2(C)CC2)nc1. The molecule has 0 aromatic carbocycles. The summed E-state index contributed by atoms with van der Waals surface area (Å²) in [6.45, 7) is 5.43. The average molecular weight is 176 g/mol. The van der Waals surface area contributed by atoms with E-state index in [1.54, 1.807) is 0 Å². The summed E-state index contributed by atoms with van der Waals surface area (Å²) in [6, 6.07) is 4.13. The van der Waals surface area contributed by atoms with Crippen molar-refractivity contribution in [3.05, 3.63) is 23.9 Å². The third kappa shape index (κ3) is 2.20. The van der Waals surface area contributed by atoms with Gasteiger partial charge >= 0.3 is 0 Å².